The fourth-order valence-corrected chi connectivity index (χ4v) is 2.78. The Bertz CT molecular complexity index is 692. The Morgan fingerprint density at radius 2 is 1.89 bits per heavy atom. The van der Waals surface area contributed by atoms with Crippen LogP contribution in [0.4, 0.5) is 0 Å². The van der Waals surface area contributed by atoms with Crippen LogP contribution < -0.4 is 5.73 Å². The van der Waals surface area contributed by atoms with Gasteiger partial charge in [-0.2, -0.15) is 0 Å². The van der Waals surface area contributed by atoms with E-state index in [4.69, 9.17) is 22.9 Å². The Morgan fingerprint density at radius 1 is 1.11 bits per heavy atom. The van der Waals surface area contributed by atoms with E-state index in [9.17, 15) is 0 Å². The second kappa shape index (κ2) is 4.59. The van der Waals surface area contributed by atoms with Gasteiger partial charge >= 0.3 is 0 Å². The average molecular weight is 271 g/mol. The van der Waals surface area contributed by atoms with Crippen molar-refractivity contribution in [2.75, 3.05) is 0 Å². The van der Waals surface area contributed by atoms with E-state index in [1.165, 1.54) is 0 Å². The third kappa shape index (κ3) is 1.87. The third-order valence-corrected chi connectivity index (χ3v) is 3.70. The molecule has 2 N–H and O–H groups in total. The lowest BCUT2D eigenvalue weighted by atomic mass is 9.80. The smallest absolute Gasteiger partial charge is 0.0824 e. The minimum absolute atomic E-state index is 0.349. The van der Waals surface area contributed by atoms with E-state index in [0.29, 0.717) is 5.02 Å². The Hall–Kier alpha value is -2.00. The molecule has 0 saturated heterocycles. The summed E-state index contributed by atoms with van der Waals surface area (Å²) in [5.41, 5.74) is 18.9. The fourth-order valence-electron chi connectivity index (χ4n) is 2.61. The maximum atomic E-state index is 8.74. The number of halogens is 1. The number of hydrogen-bond acceptors (Lipinski definition) is 2. The van der Waals surface area contributed by atoms with Crippen molar-refractivity contribution in [1.82, 2.24) is 0 Å². The quantitative estimate of drug-likeness (QED) is 0.466. The first kappa shape index (κ1) is 12.1. The SMILES string of the molecule is [N-]=[N+]=N[C@H]1c2ccccc2-c2cc(Cl)ccc2[C@@H]1N. The molecule has 5 heteroatoms. The zero-order chi connectivity index (χ0) is 13.4. The molecular formula is C14H11ClN4. The number of nitrogens with two attached hydrogens (primary N) is 1. The van der Waals surface area contributed by atoms with E-state index in [1.807, 2.05) is 36.4 Å². The molecular weight excluding hydrogens is 260 g/mol. The second-order valence-electron chi connectivity index (χ2n) is 4.49. The molecule has 2 aromatic carbocycles. The number of hydrogen-bond donors (Lipinski definition) is 1. The predicted octanol–water partition coefficient (Wildman–Crippen LogP) is 4.37. The van der Waals surface area contributed by atoms with Gasteiger partial charge in [-0.05, 0) is 39.9 Å². The molecule has 2 aromatic rings. The summed E-state index contributed by atoms with van der Waals surface area (Å²) < 4.78 is 0. The maximum Gasteiger partial charge on any atom is 0.0824 e. The fraction of sp³-hybridized carbons (Fsp3) is 0.143. The van der Waals surface area contributed by atoms with Crippen molar-refractivity contribution in [3.63, 3.8) is 0 Å². The summed E-state index contributed by atoms with van der Waals surface area (Å²) in [6, 6.07) is 12.7. The van der Waals surface area contributed by atoms with Crippen LogP contribution >= 0.6 is 11.6 Å². The molecule has 0 radical (unpaired) electrons. The van der Waals surface area contributed by atoms with Crippen molar-refractivity contribution in [2.24, 2.45) is 10.8 Å². The standard InChI is InChI=1S/C14H11ClN4/c15-8-5-6-10-12(7-8)9-3-1-2-4-11(9)14(13(10)16)18-19-17/h1-7,13-14H,16H2/t13-,14-/m0/s1. The zero-order valence-electron chi connectivity index (χ0n) is 9.99. The van der Waals surface area contributed by atoms with Gasteiger partial charge in [-0.15, -0.1) is 0 Å². The third-order valence-electron chi connectivity index (χ3n) is 3.46. The summed E-state index contributed by atoms with van der Waals surface area (Å²) in [7, 11) is 0. The van der Waals surface area contributed by atoms with Crippen molar-refractivity contribution >= 4 is 11.6 Å². The average Bonchev–Trinajstić information content (AvgIpc) is 2.43. The molecule has 0 amide bonds. The molecule has 0 aliphatic heterocycles. The summed E-state index contributed by atoms with van der Waals surface area (Å²) in [4.78, 5) is 2.92. The van der Waals surface area contributed by atoms with Crippen molar-refractivity contribution in [3.8, 4) is 11.1 Å². The summed E-state index contributed by atoms with van der Waals surface area (Å²) in [5.74, 6) is 0. The summed E-state index contributed by atoms with van der Waals surface area (Å²) >= 11 is 6.07. The lowest BCUT2D eigenvalue weighted by Crippen LogP contribution is -2.23. The molecule has 0 bridgehead atoms. The molecule has 94 valence electrons. The second-order valence-corrected chi connectivity index (χ2v) is 4.93. The van der Waals surface area contributed by atoms with Crippen LogP contribution in [0.5, 0.6) is 0 Å². The molecule has 0 spiro atoms. The normalized spacial score (nSPS) is 20.1. The molecule has 0 unspecified atom stereocenters. The minimum Gasteiger partial charge on any atom is -0.323 e. The van der Waals surface area contributed by atoms with Crippen LogP contribution in [0.1, 0.15) is 23.2 Å². The number of rotatable bonds is 1. The number of nitrogens with zero attached hydrogens (tertiary/aromatic N) is 3. The van der Waals surface area contributed by atoms with E-state index < -0.39 is 0 Å². The van der Waals surface area contributed by atoms with Crippen molar-refractivity contribution in [3.05, 3.63) is 69.1 Å². The highest BCUT2D eigenvalue weighted by atomic mass is 35.5. The highest BCUT2D eigenvalue weighted by Crippen LogP contribution is 2.45. The highest BCUT2D eigenvalue weighted by Gasteiger charge is 2.30. The van der Waals surface area contributed by atoms with Gasteiger partial charge in [-0.25, -0.2) is 0 Å². The van der Waals surface area contributed by atoms with Crippen LogP contribution in [0.15, 0.2) is 47.6 Å². The summed E-state index contributed by atoms with van der Waals surface area (Å²) in [6.07, 6.45) is 0. The van der Waals surface area contributed by atoms with Gasteiger partial charge in [0.25, 0.3) is 0 Å². The maximum absolute atomic E-state index is 8.74. The summed E-state index contributed by atoms with van der Waals surface area (Å²) in [6.45, 7) is 0. The van der Waals surface area contributed by atoms with Crippen LogP contribution in [0, 0.1) is 0 Å². The first-order chi connectivity index (χ1) is 9.22. The van der Waals surface area contributed by atoms with Crippen LogP contribution in [0.25, 0.3) is 21.6 Å². The number of fused-ring (bicyclic) bond motifs is 3. The minimum atomic E-state index is -0.380. The first-order valence-corrected chi connectivity index (χ1v) is 6.28. The molecule has 19 heavy (non-hydrogen) atoms. The first-order valence-electron chi connectivity index (χ1n) is 5.91. The lowest BCUT2D eigenvalue weighted by Gasteiger charge is -2.30. The molecule has 4 nitrogen and oxygen atoms in total. The molecule has 1 aliphatic carbocycles. The van der Waals surface area contributed by atoms with Gasteiger partial charge in [0.15, 0.2) is 0 Å². The largest absolute Gasteiger partial charge is 0.323 e. The van der Waals surface area contributed by atoms with E-state index >= 15 is 0 Å². The van der Waals surface area contributed by atoms with Crippen LogP contribution in [0.3, 0.4) is 0 Å². The Morgan fingerprint density at radius 3 is 2.68 bits per heavy atom. The van der Waals surface area contributed by atoms with Crippen LogP contribution in [-0.4, -0.2) is 0 Å². The zero-order valence-corrected chi connectivity index (χ0v) is 10.7. The molecule has 0 heterocycles. The molecule has 0 aromatic heterocycles. The highest BCUT2D eigenvalue weighted by molar-refractivity contribution is 6.30. The topological polar surface area (TPSA) is 74.8 Å². The van der Waals surface area contributed by atoms with Crippen LogP contribution in [0.2, 0.25) is 5.02 Å². The van der Waals surface area contributed by atoms with Crippen LogP contribution in [-0.2, 0) is 0 Å². The van der Waals surface area contributed by atoms with Crippen molar-refractivity contribution in [2.45, 2.75) is 12.1 Å². The Balaban J connectivity index is 2.31. The van der Waals surface area contributed by atoms with Gasteiger partial charge in [0.05, 0.1) is 6.04 Å². The van der Waals surface area contributed by atoms with Gasteiger partial charge in [0.2, 0.25) is 0 Å². The predicted molar refractivity (Wildman–Crippen MR) is 75.7 cm³/mol. The number of benzene rings is 2. The van der Waals surface area contributed by atoms with Gasteiger partial charge in [0.1, 0.15) is 0 Å². The molecule has 2 atom stereocenters. The van der Waals surface area contributed by atoms with Gasteiger partial charge in [0, 0.05) is 16.0 Å². The van der Waals surface area contributed by atoms with E-state index in [-0.39, 0.29) is 12.1 Å². The number of azide groups is 1. The van der Waals surface area contributed by atoms with Crippen molar-refractivity contribution < 1.29 is 0 Å². The Labute approximate surface area is 115 Å². The lowest BCUT2D eigenvalue weighted by molar-refractivity contribution is 0.565. The van der Waals surface area contributed by atoms with Crippen molar-refractivity contribution in [1.29, 1.82) is 0 Å². The van der Waals surface area contributed by atoms with E-state index in [1.54, 1.807) is 6.07 Å². The molecule has 0 fully saturated rings. The van der Waals surface area contributed by atoms with Gasteiger partial charge in [-0.3, -0.25) is 0 Å². The van der Waals surface area contributed by atoms with E-state index in [0.717, 1.165) is 22.3 Å². The van der Waals surface area contributed by atoms with Gasteiger partial charge < -0.3 is 5.73 Å². The monoisotopic (exact) mass is 270 g/mol. The summed E-state index contributed by atoms with van der Waals surface area (Å²) in [5, 5.41) is 4.52. The molecule has 1 aliphatic rings. The Kier molecular flexibility index (Phi) is 2.91. The van der Waals surface area contributed by atoms with Gasteiger partial charge in [-0.1, -0.05) is 47.0 Å². The molecule has 3 rings (SSSR count). The van der Waals surface area contributed by atoms with E-state index in [2.05, 4.69) is 10.0 Å². The molecule has 0 saturated carbocycles.